The molecule has 5 heteroatoms. The van der Waals surface area contributed by atoms with Crippen molar-refractivity contribution in [1.82, 2.24) is 15.7 Å². The smallest absolute Gasteiger partial charge is 0.244 e. The SMILES string of the molecule is C1=NC(NCc2cccnc2)=N[N]1. The second-order valence-electron chi connectivity index (χ2n) is 2.50. The van der Waals surface area contributed by atoms with E-state index in [-0.39, 0.29) is 0 Å². The Morgan fingerprint density at radius 3 is 3.08 bits per heavy atom. The van der Waals surface area contributed by atoms with Gasteiger partial charge in [-0.3, -0.25) is 4.98 Å². The molecule has 65 valence electrons. The van der Waals surface area contributed by atoms with E-state index >= 15 is 0 Å². The van der Waals surface area contributed by atoms with E-state index in [1.165, 1.54) is 6.34 Å². The maximum Gasteiger partial charge on any atom is 0.244 e. The summed E-state index contributed by atoms with van der Waals surface area (Å²) >= 11 is 0. The number of aromatic nitrogens is 1. The fourth-order valence-corrected chi connectivity index (χ4v) is 0.952. The molecule has 2 rings (SSSR count). The fraction of sp³-hybridized carbons (Fsp3) is 0.125. The van der Waals surface area contributed by atoms with Crippen LogP contribution < -0.4 is 10.7 Å². The van der Waals surface area contributed by atoms with Gasteiger partial charge in [-0.15, -0.1) is 10.5 Å². The van der Waals surface area contributed by atoms with E-state index in [2.05, 4.69) is 25.8 Å². The second-order valence-corrected chi connectivity index (χ2v) is 2.50. The molecule has 1 radical (unpaired) electrons. The first-order chi connectivity index (χ1) is 6.45. The zero-order valence-corrected chi connectivity index (χ0v) is 6.88. The Kier molecular flexibility index (Phi) is 2.18. The summed E-state index contributed by atoms with van der Waals surface area (Å²) in [4.78, 5) is 7.87. The first kappa shape index (κ1) is 7.72. The molecule has 1 aliphatic rings. The number of pyridine rings is 1. The molecule has 0 saturated carbocycles. The van der Waals surface area contributed by atoms with Gasteiger partial charge in [0.15, 0.2) is 0 Å². The first-order valence-electron chi connectivity index (χ1n) is 3.88. The van der Waals surface area contributed by atoms with Crippen LogP contribution in [0.4, 0.5) is 0 Å². The minimum Gasteiger partial charge on any atom is -0.349 e. The molecule has 13 heavy (non-hydrogen) atoms. The Morgan fingerprint density at radius 2 is 2.38 bits per heavy atom. The fourth-order valence-electron chi connectivity index (χ4n) is 0.952. The van der Waals surface area contributed by atoms with Gasteiger partial charge in [0.05, 0.1) is 0 Å². The van der Waals surface area contributed by atoms with Crippen LogP contribution in [0.3, 0.4) is 0 Å². The molecular formula is C8H8N5. The van der Waals surface area contributed by atoms with E-state index in [4.69, 9.17) is 0 Å². The summed E-state index contributed by atoms with van der Waals surface area (Å²) in [5.41, 5.74) is 4.69. The first-order valence-corrected chi connectivity index (χ1v) is 3.88. The Bertz CT molecular complexity index is 330. The van der Waals surface area contributed by atoms with Crippen LogP contribution in [-0.4, -0.2) is 17.3 Å². The number of hydrogen-bond acceptors (Lipinski definition) is 4. The molecule has 0 aromatic carbocycles. The van der Waals surface area contributed by atoms with Crippen molar-refractivity contribution in [1.29, 1.82) is 0 Å². The Labute approximate surface area is 75.6 Å². The monoisotopic (exact) mass is 174 g/mol. The van der Waals surface area contributed by atoms with Crippen LogP contribution >= 0.6 is 0 Å². The van der Waals surface area contributed by atoms with Crippen LogP contribution in [0.1, 0.15) is 5.56 Å². The van der Waals surface area contributed by atoms with Crippen LogP contribution in [0, 0.1) is 0 Å². The molecule has 5 nitrogen and oxygen atoms in total. The highest BCUT2D eigenvalue weighted by Gasteiger charge is 2.00. The number of nitrogens with zero attached hydrogens (tertiary/aromatic N) is 4. The molecule has 1 aromatic rings. The average molecular weight is 174 g/mol. The maximum atomic E-state index is 3.99. The number of rotatable bonds is 2. The minimum absolute atomic E-state index is 0.545. The maximum absolute atomic E-state index is 3.99. The summed E-state index contributed by atoms with van der Waals surface area (Å²) in [5.74, 6) is 0.545. The topological polar surface area (TPSA) is 63.7 Å². The lowest BCUT2D eigenvalue weighted by Crippen LogP contribution is -2.19. The van der Waals surface area contributed by atoms with Crippen LogP contribution in [0.25, 0.3) is 0 Å². The van der Waals surface area contributed by atoms with E-state index in [1.54, 1.807) is 12.4 Å². The molecule has 0 fully saturated rings. The van der Waals surface area contributed by atoms with Crippen molar-refractivity contribution >= 4 is 12.3 Å². The van der Waals surface area contributed by atoms with E-state index in [0.29, 0.717) is 12.5 Å². The van der Waals surface area contributed by atoms with Gasteiger partial charge in [-0.25, -0.2) is 0 Å². The number of nitrogens with one attached hydrogen (secondary N) is 1. The van der Waals surface area contributed by atoms with Gasteiger partial charge in [0, 0.05) is 18.9 Å². The molecule has 0 unspecified atom stereocenters. The van der Waals surface area contributed by atoms with E-state index < -0.39 is 0 Å². The quantitative estimate of drug-likeness (QED) is 0.690. The molecule has 1 aliphatic heterocycles. The summed E-state index contributed by atoms with van der Waals surface area (Å²) in [5, 5.41) is 6.75. The number of hydrogen-bond donors (Lipinski definition) is 1. The highest BCUT2D eigenvalue weighted by Crippen LogP contribution is 1.94. The largest absolute Gasteiger partial charge is 0.349 e. The molecule has 1 N–H and O–H groups in total. The number of aliphatic imine (C=N–C) groups is 1. The van der Waals surface area contributed by atoms with Crippen LogP contribution in [0.5, 0.6) is 0 Å². The van der Waals surface area contributed by atoms with Gasteiger partial charge in [0.25, 0.3) is 0 Å². The standard InChI is InChI=1S/C8H8N5/c1-2-7(4-9-3-1)5-10-8-11-6-12-13-8/h1-4,6H,5H2,(H,10,13). The lowest BCUT2D eigenvalue weighted by Gasteiger charge is -2.00. The average Bonchev–Trinajstić information content (AvgIpc) is 2.69. The molecule has 0 bridgehead atoms. The minimum atomic E-state index is 0.545. The highest BCUT2D eigenvalue weighted by atomic mass is 15.4. The molecule has 0 aliphatic carbocycles. The van der Waals surface area contributed by atoms with Gasteiger partial charge >= 0.3 is 0 Å². The summed E-state index contributed by atoms with van der Waals surface area (Å²) in [6.45, 7) is 0.666. The van der Waals surface area contributed by atoms with Crippen LogP contribution in [0.15, 0.2) is 34.6 Å². The van der Waals surface area contributed by atoms with Gasteiger partial charge in [-0.2, -0.15) is 4.99 Å². The third-order valence-corrected chi connectivity index (χ3v) is 1.56. The number of guanidine groups is 1. The lowest BCUT2D eigenvalue weighted by atomic mass is 10.3. The summed E-state index contributed by atoms with van der Waals surface area (Å²) in [6, 6.07) is 3.87. The molecule has 0 saturated heterocycles. The second kappa shape index (κ2) is 3.66. The van der Waals surface area contributed by atoms with Crippen molar-refractivity contribution in [3.8, 4) is 0 Å². The van der Waals surface area contributed by atoms with E-state index in [9.17, 15) is 0 Å². The molecular weight excluding hydrogens is 166 g/mol. The lowest BCUT2D eigenvalue weighted by molar-refractivity contribution is 0.886. The van der Waals surface area contributed by atoms with Crippen molar-refractivity contribution in [3.63, 3.8) is 0 Å². The Morgan fingerprint density at radius 1 is 1.38 bits per heavy atom. The van der Waals surface area contributed by atoms with Gasteiger partial charge in [0.2, 0.25) is 5.96 Å². The Balaban J connectivity index is 1.90. The van der Waals surface area contributed by atoms with Gasteiger partial charge in [0.1, 0.15) is 6.34 Å². The summed E-state index contributed by atoms with van der Waals surface area (Å²) < 4.78 is 0. The predicted molar refractivity (Wildman–Crippen MR) is 49.1 cm³/mol. The normalized spacial score (nSPS) is 13.7. The van der Waals surface area contributed by atoms with Crippen molar-refractivity contribution in [2.45, 2.75) is 6.54 Å². The summed E-state index contributed by atoms with van der Waals surface area (Å²) in [7, 11) is 0. The van der Waals surface area contributed by atoms with E-state index in [0.717, 1.165) is 5.56 Å². The van der Waals surface area contributed by atoms with Crippen LogP contribution in [0.2, 0.25) is 0 Å². The Hall–Kier alpha value is -1.91. The molecule has 2 heterocycles. The predicted octanol–water partition coefficient (Wildman–Crippen LogP) is 0.0885. The molecule has 1 aromatic heterocycles. The van der Waals surface area contributed by atoms with Crippen molar-refractivity contribution in [3.05, 3.63) is 30.1 Å². The van der Waals surface area contributed by atoms with Crippen molar-refractivity contribution < 1.29 is 0 Å². The summed E-state index contributed by atoms with van der Waals surface area (Å²) in [6.07, 6.45) is 4.94. The molecule has 0 spiro atoms. The molecule has 0 atom stereocenters. The van der Waals surface area contributed by atoms with Crippen molar-refractivity contribution in [2.75, 3.05) is 0 Å². The van der Waals surface area contributed by atoms with Gasteiger partial charge in [-0.05, 0) is 11.6 Å². The highest BCUT2D eigenvalue weighted by molar-refractivity contribution is 5.90. The zero-order chi connectivity index (χ0) is 8.93. The van der Waals surface area contributed by atoms with E-state index in [1.807, 2.05) is 12.1 Å². The van der Waals surface area contributed by atoms with Crippen LogP contribution in [-0.2, 0) is 6.54 Å². The third-order valence-electron chi connectivity index (χ3n) is 1.56. The zero-order valence-electron chi connectivity index (χ0n) is 6.88. The van der Waals surface area contributed by atoms with Crippen molar-refractivity contribution in [2.24, 2.45) is 10.1 Å². The van der Waals surface area contributed by atoms with Gasteiger partial charge in [-0.1, -0.05) is 6.07 Å². The third kappa shape index (κ3) is 2.02. The molecule has 0 amide bonds. The van der Waals surface area contributed by atoms with Gasteiger partial charge < -0.3 is 5.32 Å².